The summed E-state index contributed by atoms with van der Waals surface area (Å²) in [6.45, 7) is 14.2. The van der Waals surface area contributed by atoms with Crippen LogP contribution in [0, 0.1) is 17.8 Å². The average Bonchev–Trinajstić information content (AvgIpc) is 2.62. The molecular formula is C17H34N2O. The molecule has 2 unspecified atom stereocenters. The molecule has 3 heteroatoms. The summed E-state index contributed by atoms with van der Waals surface area (Å²) in [5.41, 5.74) is 0. The lowest BCUT2D eigenvalue weighted by Crippen LogP contribution is -2.41. The number of rotatable bonds is 8. The van der Waals surface area contributed by atoms with Crippen molar-refractivity contribution in [3.63, 3.8) is 0 Å². The Labute approximate surface area is 125 Å². The fraction of sp³-hybridized carbons (Fsp3) is 0.941. The molecule has 0 radical (unpaired) electrons. The molecule has 0 aromatic carbocycles. The molecule has 0 bridgehead atoms. The Balaban J connectivity index is 2.76. The lowest BCUT2D eigenvalue weighted by atomic mass is 10.0. The summed E-state index contributed by atoms with van der Waals surface area (Å²) in [6.07, 6.45) is 4.56. The van der Waals surface area contributed by atoms with Gasteiger partial charge in [-0.3, -0.25) is 10.1 Å². The summed E-state index contributed by atoms with van der Waals surface area (Å²) in [5.74, 6) is 2.14. The molecule has 1 saturated heterocycles. The molecule has 3 nitrogen and oxygen atoms in total. The van der Waals surface area contributed by atoms with Crippen molar-refractivity contribution in [2.75, 3.05) is 6.54 Å². The van der Waals surface area contributed by atoms with E-state index in [1.165, 1.54) is 0 Å². The van der Waals surface area contributed by atoms with Crippen molar-refractivity contribution in [1.82, 2.24) is 10.2 Å². The molecule has 0 aromatic rings. The van der Waals surface area contributed by atoms with E-state index in [1.807, 2.05) is 0 Å². The van der Waals surface area contributed by atoms with Crippen LogP contribution in [0.4, 0.5) is 0 Å². The van der Waals surface area contributed by atoms with Gasteiger partial charge in [-0.15, -0.1) is 0 Å². The van der Waals surface area contributed by atoms with Gasteiger partial charge in [-0.25, -0.2) is 0 Å². The van der Waals surface area contributed by atoms with Crippen LogP contribution >= 0.6 is 0 Å². The van der Waals surface area contributed by atoms with Gasteiger partial charge in [0.1, 0.15) is 0 Å². The Morgan fingerprint density at radius 2 is 1.60 bits per heavy atom. The number of hydrogen-bond acceptors (Lipinski definition) is 2. The van der Waals surface area contributed by atoms with Crippen molar-refractivity contribution in [2.45, 2.75) is 79.4 Å². The minimum atomic E-state index is 0.0353. The Morgan fingerprint density at radius 1 is 1.05 bits per heavy atom. The SMILES string of the molecule is CCC(CC)CN1C(=O)C(CC(C)C)NC1CC(C)C. The van der Waals surface area contributed by atoms with Crippen molar-refractivity contribution in [2.24, 2.45) is 17.8 Å². The van der Waals surface area contributed by atoms with E-state index in [0.29, 0.717) is 23.7 Å². The number of hydrogen-bond donors (Lipinski definition) is 1. The molecule has 0 saturated carbocycles. The van der Waals surface area contributed by atoms with Gasteiger partial charge < -0.3 is 4.90 Å². The molecule has 0 aliphatic carbocycles. The second-order valence-electron chi connectivity index (χ2n) is 7.17. The molecule has 0 spiro atoms. The van der Waals surface area contributed by atoms with E-state index in [0.717, 1.165) is 32.2 Å². The topological polar surface area (TPSA) is 32.3 Å². The van der Waals surface area contributed by atoms with Gasteiger partial charge in [0.2, 0.25) is 5.91 Å². The summed E-state index contributed by atoms with van der Waals surface area (Å²) >= 11 is 0. The number of nitrogens with zero attached hydrogens (tertiary/aromatic N) is 1. The number of amides is 1. The quantitative estimate of drug-likeness (QED) is 0.737. The normalized spacial score (nSPS) is 23.6. The van der Waals surface area contributed by atoms with Crippen LogP contribution in [0.2, 0.25) is 0 Å². The summed E-state index contributed by atoms with van der Waals surface area (Å²) in [4.78, 5) is 14.8. The van der Waals surface area contributed by atoms with E-state index in [-0.39, 0.29) is 12.2 Å². The first-order chi connectivity index (χ1) is 9.38. The highest BCUT2D eigenvalue weighted by molar-refractivity contribution is 5.84. The predicted molar refractivity (Wildman–Crippen MR) is 85.4 cm³/mol. The van der Waals surface area contributed by atoms with Gasteiger partial charge in [-0.2, -0.15) is 0 Å². The maximum atomic E-state index is 12.7. The summed E-state index contributed by atoms with van der Waals surface area (Å²) < 4.78 is 0. The van der Waals surface area contributed by atoms with Crippen LogP contribution in [0.25, 0.3) is 0 Å². The molecule has 1 amide bonds. The molecule has 1 aliphatic rings. The maximum Gasteiger partial charge on any atom is 0.241 e. The first-order valence-electron chi connectivity index (χ1n) is 8.45. The number of nitrogens with one attached hydrogen (secondary N) is 1. The van der Waals surface area contributed by atoms with Crippen molar-refractivity contribution in [3.8, 4) is 0 Å². The highest BCUT2D eigenvalue weighted by Crippen LogP contribution is 2.24. The fourth-order valence-electron chi connectivity index (χ4n) is 3.07. The fourth-order valence-corrected chi connectivity index (χ4v) is 3.07. The molecular weight excluding hydrogens is 248 g/mol. The summed E-state index contributed by atoms with van der Waals surface area (Å²) in [6, 6.07) is 0.0353. The molecule has 0 aromatic heterocycles. The number of carbonyl (C=O) groups is 1. The lowest BCUT2D eigenvalue weighted by Gasteiger charge is -2.29. The Bertz CT molecular complexity index is 297. The minimum Gasteiger partial charge on any atom is -0.326 e. The van der Waals surface area contributed by atoms with Gasteiger partial charge in [-0.05, 0) is 30.6 Å². The highest BCUT2D eigenvalue weighted by Gasteiger charge is 2.39. The van der Waals surface area contributed by atoms with Crippen LogP contribution in [0.1, 0.15) is 67.2 Å². The van der Waals surface area contributed by atoms with E-state index in [2.05, 4.69) is 51.8 Å². The van der Waals surface area contributed by atoms with Crippen molar-refractivity contribution < 1.29 is 4.79 Å². The molecule has 2 atom stereocenters. The van der Waals surface area contributed by atoms with Crippen molar-refractivity contribution in [1.29, 1.82) is 0 Å². The van der Waals surface area contributed by atoms with E-state index in [9.17, 15) is 4.79 Å². The Kier molecular flexibility index (Phi) is 7.01. The third-order valence-electron chi connectivity index (χ3n) is 4.36. The minimum absolute atomic E-state index is 0.0353. The molecule has 1 aliphatic heterocycles. The zero-order chi connectivity index (χ0) is 15.3. The molecule has 1 heterocycles. The van der Waals surface area contributed by atoms with Crippen LogP contribution in [0.15, 0.2) is 0 Å². The maximum absolute atomic E-state index is 12.7. The van der Waals surface area contributed by atoms with E-state index >= 15 is 0 Å². The van der Waals surface area contributed by atoms with Gasteiger partial charge in [0.05, 0.1) is 12.2 Å². The third kappa shape index (κ3) is 4.76. The Hall–Kier alpha value is -0.570. The first kappa shape index (κ1) is 17.5. The van der Waals surface area contributed by atoms with Crippen molar-refractivity contribution >= 4 is 5.91 Å². The highest BCUT2D eigenvalue weighted by atomic mass is 16.2. The van der Waals surface area contributed by atoms with Crippen LogP contribution in [0.5, 0.6) is 0 Å². The Morgan fingerprint density at radius 3 is 2.05 bits per heavy atom. The predicted octanol–water partition coefficient (Wildman–Crippen LogP) is 3.64. The second-order valence-corrected chi connectivity index (χ2v) is 7.17. The zero-order valence-electron chi connectivity index (χ0n) is 14.3. The van der Waals surface area contributed by atoms with Crippen LogP contribution in [-0.2, 0) is 4.79 Å². The third-order valence-corrected chi connectivity index (χ3v) is 4.36. The van der Waals surface area contributed by atoms with Crippen LogP contribution in [-0.4, -0.2) is 29.6 Å². The summed E-state index contributed by atoms with van der Waals surface area (Å²) in [7, 11) is 0. The van der Waals surface area contributed by atoms with E-state index in [4.69, 9.17) is 0 Å². The van der Waals surface area contributed by atoms with E-state index < -0.39 is 0 Å². The van der Waals surface area contributed by atoms with Gasteiger partial charge in [0.25, 0.3) is 0 Å². The van der Waals surface area contributed by atoms with Crippen LogP contribution in [0.3, 0.4) is 0 Å². The van der Waals surface area contributed by atoms with Gasteiger partial charge in [0, 0.05) is 6.54 Å². The monoisotopic (exact) mass is 282 g/mol. The second kappa shape index (κ2) is 8.02. The standard InChI is InChI=1S/C17H34N2O/c1-7-14(8-2)11-19-16(10-13(5)6)18-15(17(19)20)9-12(3)4/h12-16,18H,7-11H2,1-6H3. The largest absolute Gasteiger partial charge is 0.326 e. The zero-order valence-corrected chi connectivity index (χ0v) is 14.3. The molecule has 1 rings (SSSR count). The average molecular weight is 282 g/mol. The first-order valence-corrected chi connectivity index (χ1v) is 8.45. The van der Waals surface area contributed by atoms with Gasteiger partial charge in [0.15, 0.2) is 0 Å². The van der Waals surface area contributed by atoms with Gasteiger partial charge in [-0.1, -0.05) is 54.4 Å². The lowest BCUT2D eigenvalue weighted by molar-refractivity contribution is -0.131. The van der Waals surface area contributed by atoms with Crippen molar-refractivity contribution in [3.05, 3.63) is 0 Å². The molecule has 20 heavy (non-hydrogen) atoms. The van der Waals surface area contributed by atoms with Crippen LogP contribution < -0.4 is 5.32 Å². The van der Waals surface area contributed by atoms with E-state index in [1.54, 1.807) is 0 Å². The number of carbonyl (C=O) groups excluding carboxylic acids is 1. The summed E-state index contributed by atoms with van der Waals surface area (Å²) in [5, 5.41) is 3.58. The molecule has 118 valence electrons. The molecule has 1 fully saturated rings. The molecule has 1 N–H and O–H groups in total. The van der Waals surface area contributed by atoms with Gasteiger partial charge >= 0.3 is 0 Å². The smallest absolute Gasteiger partial charge is 0.241 e.